The zero-order valence-electron chi connectivity index (χ0n) is 11.2. The fourth-order valence-corrected chi connectivity index (χ4v) is 2.77. The number of amides is 1. The summed E-state index contributed by atoms with van der Waals surface area (Å²) in [6, 6.07) is 1.74. The van der Waals surface area contributed by atoms with Gasteiger partial charge in [-0.2, -0.15) is 0 Å². The fraction of sp³-hybridized carbons (Fsp3) is 0.692. The molecule has 1 atom stereocenters. The van der Waals surface area contributed by atoms with Crippen LogP contribution < -0.4 is 5.32 Å². The standard InChI is InChI=1S/C13H20N2O3S/c1-19(17)8-7-14-13(16)12-9-11(15-18-12)10-5-3-2-4-6-10/h9-10H,2-8H2,1H3,(H,14,16). The summed E-state index contributed by atoms with van der Waals surface area (Å²) in [5.74, 6) is 0.861. The second-order valence-electron chi connectivity index (χ2n) is 4.98. The van der Waals surface area contributed by atoms with Gasteiger partial charge in [0.05, 0.1) is 5.69 Å². The first kappa shape index (κ1) is 14.2. The van der Waals surface area contributed by atoms with E-state index in [4.69, 9.17) is 4.52 Å². The lowest BCUT2D eigenvalue weighted by molar-refractivity contribution is 0.0919. The lowest BCUT2D eigenvalue weighted by atomic mass is 9.87. The van der Waals surface area contributed by atoms with Crippen LogP contribution in [-0.2, 0) is 10.8 Å². The van der Waals surface area contributed by atoms with E-state index in [0.717, 1.165) is 18.5 Å². The molecule has 0 bridgehead atoms. The van der Waals surface area contributed by atoms with E-state index < -0.39 is 10.8 Å². The molecule has 1 N–H and O–H groups in total. The molecule has 106 valence electrons. The third-order valence-electron chi connectivity index (χ3n) is 3.45. The third-order valence-corrected chi connectivity index (χ3v) is 4.23. The maximum atomic E-state index is 11.8. The number of carbonyl (C=O) groups excluding carboxylic acids is 1. The summed E-state index contributed by atoms with van der Waals surface area (Å²) in [5, 5.41) is 6.69. The molecule has 1 unspecified atom stereocenters. The zero-order chi connectivity index (χ0) is 13.7. The van der Waals surface area contributed by atoms with Crippen molar-refractivity contribution in [1.29, 1.82) is 0 Å². The van der Waals surface area contributed by atoms with E-state index in [1.807, 2.05) is 0 Å². The van der Waals surface area contributed by atoms with Crippen LogP contribution in [0.3, 0.4) is 0 Å². The smallest absolute Gasteiger partial charge is 0.289 e. The van der Waals surface area contributed by atoms with Crippen LogP contribution in [0.25, 0.3) is 0 Å². The first-order chi connectivity index (χ1) is 9.16. The second-order valence-corrected chi connectivity index (χ2v) is 6.54. The van der Waals surface area contributed by atoms with E-state index in [1.54, 1.807) is 12.3 Å². The highest BCUT2D eigenvalue weighted by Crippen LogP contribution is 2.32. The van der Waals surface area contributed by atoms with Crippen molar-refractivity contribution in [3.8, 4) is 0 Å². The molecule has 0 aromatic carbocycles. The number of carbonyl (C=O) groups is 1. The molecule has 6 heteroatoms. The lowest BCUT2D eigenvalue weighted by Gasteiger charge is -2.18. The van der Waals surface area contributed by atoms with E-state index in [0.29, 0.717) is 18.2 Å². The minimum absolute atomic E-state index is 0.252. The van der Waals surface area contributed by atoms with Crippen LogP contribution in [0.5, 0.6) is 0 Å². The molecule has 1 aliphatic carbocycles. The Morgan fingerprint density at radius 1 is 1.47 bits per heavy atom. The molecule has 0 radical (unpaired) electrons. The first-order valence-electron chi connectivity index (χ1n) is 6.71. The Kier molecular flexibility index (Phi) is 5.13. The van der Waals surface area contributed by atoms with Gasteiger partial charge in [0.2, 0.25) is 5.76 Å². The number of rotatable bonds is 5. The molecular weight excluding hydrogens is 264 g/mol. The molecule has 1 aromatic heterocycles. The van der Waals surface area contributed by atoms with Crippen molar-refractivity contribution in [3.05, 3.63) is 17.5 Å². The minimum atomic E-state index is -0.898. The van der Waals surface area contributed by atoms with Crippen LogP contribution in [0.2, 0.25) is 0 Å². The van der Waals surface area contributed by atoms with E-state index in [9.17, 15) is 9.00 Å². The number of hydrogen-bond donors (Lipinski definition) is 1. The maximum absolute atomic E-state index is 11.8. The zero-order valence-corrected chi connectivity index (χ0v) is 12.0. The number of nitrogens with zero attached hydrogens (tertiary/aromatic N) is 1. The second kappa shape index (κ2) is 6.84. The average Bonchev–Trinajstić information content (AvgIpc) is 2.89. The van der Waals surface area contributed by atoms with Crippen molar-refractivity contribution < 1.29 is 13.5 Å². The average molecular weight is 284 g/mol. The summed E-state index contributed by atoms with van der Waals surface area (Å²) in [5.41, 5.74) is 0.893. The monoisotopic (exact) mass is 284 g/mol. The van der Waals surface area contributed by atoms with Gasteiger partial charge < -0.3 is 9.84 Å². The van der Waals surface area contributed by atoms with Crippen molar-refractivity contribution in [3.63, 3.8) is 0 Å². The van der Waals surface area contributed by atoms with Crippen LogP contribution in [0.1, 0.15) is 54.3 Å². The Morgan fingerprint density at radius 3 is 2.89 bits per heavy atom. The molecule has 1 aromatic rings. The van der Waals surface area contributed by atoms with Crippen molar-refractivity contribution in [2.24, 2.45) is 0 Å². The Labute approximate surface area is 115 Å². The quantitative estimate of drug-likeness (QED) is 0.895. The van der Waals surface area contributed by atoms with Crippen molar-refractivity contribution in [2.75, 3.05) is 18.6 Å². The van der Waals surface area contributed by atoms with Crippen LogP contribution in [-0.4, -0.2) is 33.8 Å². The Bertz CT molecular complexity index is 452. The molecule has 1 heterocycles. The van der Waals surface area contributed by atoms with Gasteiger partial charge >= 0.3 is 0 Å². The summed E-state index contributed by atoms with van der Waals surface area (Å²) < 4.78 is 16.0. The van der Waals surface area contributed by atoms with Crippen molar-refractivity contribution >= 4 is 16.7 Å². The SMILES string of the molecule is CS(=O)CCNC(=O)c1cc(C2CCCCC2)no1. The molecule has 1 amide bonds. The van der Waals surface area contributed by atoms with Gasteiger partial charge in [-0.3, -0.25) is 9.00 Å². The van der Waals surface area contributed by atoms with Crippen LogP contribution in [0, 0.1) is 0 Å². The molecule has 1 aliphatic rings. The topological polar surface area (TPSA) is 72.2 Å². The maximum Gasteiger partial charge on any atom is 0.289 e. The predicted octanol–water partition coefficient (Wildman–Crippen LogP) is 1.83. The van der Waals surface area contributed by atoms with Gasteiger partial charge in [0.1, 0.15) is 0 Å². The molecule has 5 nitrogen and oxygen atoms in total. The first-order valence-corrected chi connectivity index (χ1v) is 8.44. The number of hydrogen-bond acceptors (Lipinski definition) is 4. The van der Waals surface area contributed by atoms with Gasteiger partial charge in [-0.25, -0.2) is 0 Å². The van der Waals surface area contributed by atoms with Gasteiger partial charge in [0, 0.05) is 41.3 Å². The number of aromatic nitrogens is 1. The number of nitrogens with one attached hydrogen (secondary N) is 1. The molecule has 2 rings (SSSR count). The van der Waals surface area contributed by atoms with E-state index in [2.05, 4.69) is 10.5 Å². The van der Waals surface area contributed by atoms with Gasteiger partial charge in [-0.05, 0) is 12.8 Å². The highest BCUT2D eigenvalue weighted by molar-refractivity contribution is 7.84. The van der Waals surface area contributed by atoms with Crippen LogP contribution in [0.15, 0.2) is 10.6 Å². The molecule has 1 fully saturated rings. The molecule has 1 saturated carbocycles. The highest BCUT2D eigenvalue weighted by atomic mass is 32.2. The van der Waals surface area contributed by atoms with Crippen LogP contribution in [0.4, 0.5) is 0 Å². The highest BCUT2D eigenvalue weighted by Gasteiger charge is 2.21. The van der Waals surface area contributed by atoms with Gasteiger partial charge in [-0.15, -0.1) is 0 Å². The van der Waals surface area contributed by atoms with E-state index >= 15 is 0 Å². The van der Waals surface area contributed by atoms with Gasteiger partial charge in [0.15, 0.2) is 0 Å². The molecule has 0 aliphatic heterocycles. The molecule has 19 heavy (non-hydrogen) atoms. The molecular formula is C13H20N2O3S. The Balaban J connectivity index is 1.88. The lowest BCUT2D eigenvalue weighted by Crippen LogP contribution is -2.27. The van der Waals surface area contributed by atoms with Gasteiger partial charge in [-0.1, -0.05) is 24.4 Å². The van der Waals surface area contributed by atoms with Crippen molar-refractivity contribution in [1.82, 2.24) is 10.5 Å². The summed E-state index contributed by atoms with van der Waals surface area (Å²) in [6.07, 6.45) is 7.60. The van der Waals surface area contributed by atoms with E-state index in [-0.39, 0.29) is 11.7 Å². The fourth-order valence-electron chi connectivity index (χ4n) is 2.38. The van der Waals surface area contributed by atoms with Crippen LogP contribution >= 0.6 is 0 Å². The summed E-state index contributed by atoms with van der Waals surface area (Å²) in [7, 11) is -0.898. The van der Waals surface area contributed by atoms with E-state index in [1.165, 1.54) is 19.3 Å². The van der Waals surface area contributed by atoms with Gasteiger partial charge in [0.25, 0.3) is 5.91 Å². The largest absolute Gasteiger partial charge is 0.351 e. The normalized spacial score (nSPS) is 18.2. The summed E-state index contributed by atoms with van der Waals surface area (Å²) in [6.45, 7) is 0.390. The van der Waals surface area contributed by atoms with Crippen molar-refractivity contribution in [2.45, 2.75) is 38.0 Å². The predicted molar refractivity (Wildman–Crippen MR) is 73.6 cm³/mol. The Hall–Kier alpha value is -1.17. The summed E-state index contributed by atoms with van der Waals surface area (Å²) in [4.78, 5) is 11.8. The minimum Gasteiger partial charge on any atom is -0.351 e. The molecule has 0 saturated heterocycles. The third kappa shape index (κ3) is 4.16. The summed E-state index contributed by atoms with van der Waals surface area (Å²) >= 11 is 0. The Morgan fingerprint density at radius 2 is 2.21 bits per heavy atom. The molecule has 0 spiro atoms.